The number of hydrogen-bond donors (Lipinski definition) is 0. The second-order valence-electron chi connectivity index (χ2n) is 13.4. The van der Waals surface area contributed by atoms with E-state index in [1.54, 1.807) is 0 Å². The number of benzene rings is 7. The largest absolute Gasteiger partial charge is 0.454 e. The van der Waals surface area contributed by atoms with E-state index in [4.69, 9.17) is 13.8 Å². The molecule has 0 fully saturated rings. The van der Waals surface area contributed by atoms with Gasteiger partial charge in [0.25, 0.3) is 0 Å². The molecule has 0 N–H and O–H groups in total. The quantitative estimate of drug-likeness (QED) is 0.169. The molecule has 5 heteroatoms. The van der Waals surface area contributed by atoms with Gasteiger partial charge in [0.2, 0.25) is 0 Å². The number of pyridine rings is 2. The molecule has 248 valence electrons. The van der Waals surface area contributed by atoms with Crippen molar-refractivity contribution in [3.63, 3.8) is 0 Å². The first-order valence-corrected chi connectivity index (χ1v) is 17.7. The summed E-state index contributed by atoms with van der Waals surface area (Å²) in [6, 6.07) is 57.2. The van der Waals surface area contributed by atoms with Gasteiger partial charge in [0.05, 0.1) is 5.69 Å². The van der Waals surface area contributed by atoms with Crippen molar-refractivity contribution in [1.82, 2.24) is 9.97 Å². The second-order valence-corrected chi connectivity index (χ2v) is 13.4. The molecule has 4 heterocycles. The van der Waals surface area contributed by atoms with Gasteiger partial charge in [-0.2, -0.15) is 0 Å². The number of rotatable bonds is 5. The number of hydrogen-bond acceptors (Lipinski definition) is 5. The van der Waals surface area contributed by atoms with Crippen LogP contribution >= 0.6 is 0 Å². The molecule has 0 saturated heterocycles. The Morgan fingerprint density at radius 3 is 1.77 bits per heavy atom. The van der Waals surface area contributed by atoms with E-state index < -0.39 is 0 Å². The van der Waals surface area contributed by atoms with E-state index in [1.165, 1.54) is 21.5 Å². The maximum Gasteiger partial charge on any atom is 0.161 e. The number of fused-ring (bicyclic) bond motifs is 9. The van der Waals surface area contributed by atoms with Crippen molar-refractivity contribution in [3.8, 4) is 22.4 Å². The van der Waals surface area contributed by atoms with Crippen molar-refractivity contribution in [3.05, 3.63) is 176 Å². The van der Waals surface area contributed by atoms with E-state index in [1.807, 2.05) is 60.9 Å². The zero-order chi connectivity index (χ0) is 34.9. The lowest BCUT2D eigenvalue weighted by molar-refractivity contribution is 0.668. The average Bonchev–Trinajstić information content (AvgIpc) is 3.80. The van der Waals surface area contributed by atoms with Gasteiger partial charge in [-0.1, -0.05) is 103 Å². The summed E-state index contributed by atoms with van der Waals surface area (Å²) in [5.41, 5.74) is 11.2. The Morgan fingerprint density at radius 1 is 0.415 bits per heavy atom. The highest BCUT2D eigenvalue weighted by atomic mass is 16.3. The average molecular weight is 680 g/mol. The van der Waals surface area contributed by atoms with Crippen LogP contribution in [0.3, 0.4) is 0 Å². The van der Waals surface area contributed by atoms with Crippen molar-refractivity contribution < 1.29 is 8.83 Å². The first-order valence-electron chi connectivity index (χ1n) is 17.7. The summed E-state index contributed by atoms with van der Waals surface area (Å²) in [6.45, 7) is 0. The third-order valence-electron chi connectivity index (χ3n) is 10.4. The number of para-hydroxylation sites is 2. The van der Waals surface area contributed by atoms with E-state index in [2.05, 4.69) is 125 Å². The van der Waals surface area contributed by atoms with Gasteiger partial charge >= 0.3 is 0 Å². The van der Waals surface area contributed by atoms with Crippen LogP contribution in [0.15, 0.2) is 185 Å². The van der Waals surface area contributed by atoms with Crippen molar-refractivity contribution >= 4 is 82.6 Å². The zero-order valence-electron chi connectivity index (χ0n) is 28.4. The van der Waals surface area contributed by atoms with Crippen LogP contribution in [0.4, 0.5) is 17.1 Å². The molecule has 0 saturated carbocycles. The molecule has 0 bridgehead atoms. The molecule has 0 atom stereocenters. The van der Waals surface area contributed by atoms with Crippen molar-refractivity contribution in [2.24, 2.45) is 0 Å². The minimum atomic E-state index is 0.794. The summed E-state index contributed by atoms with van der Waals surface area (Å²) in [5, 5.41) is 7.97. The minimum absolute atomic E-state index is 0.794. The molecule has 7 aromatic carbocycles. The highest BCUT2D eigenvalue weighted by Crippen LogP contribution is 2.44. The van der Waals surface area contributed by atoms with Crippen molar-refractivity contribution in [2.75, 3.05) is 4.90 Å². The smallest absolute Gasteiger partial charge is 0.161 e. The van der Waals surface area contributed by atoms with Crippen LogP contribution in [0, 0.1) is 0 Å². The molecule has 0 aliphatic carbocycles. The lowest BCUT2D eigenvalue weighted by Crippen LogP contribution is -2.10. The molecular weight excluding hydrogens is 651 g/mol. The molecule has 0 aliphatic heterocycles. The van der Waals surface area contributed by atoms with Crippen molar-refractivity contribution in [1.29, 1.82) is 0 Å². The summed E-state index contributed by atoms with van der Waals surface area (Å²) in [7, 11) is 0. The lowest BCUT2D eigenvalue weighted by Gasteiger charge is -2.28. The summed E-state index contributed by atoms with van der Waals surface area (Å²) in [5.74, 6) is 0. The SMILES string of the molecule is c1ccc2c(c1)cc(N(c1ccc(-c3nccc4c3oc3ccccc34)cc1)c1ccc(-c3ccnc4c3oc3ccccc34)cc1)c1ccccc12. The van der Waals surface area contributed by atoms with Gasteiger partial charge < -0.3 is 13.7 Å². The summed E-state index contributed by atoms with van der Waals surface area (Å²) < 4.78 is 12.7. The second kappa shape index (κ2) is 11.7. The molecule has 4 aromatic heterocycles. The third-order valence-corrected chi connectivity index (χ3v) is 10.4. The van der Waals surface area contributed by atoms with Crippen LogP contribution in [0.2, 0.25) is 0 Å². The summed E-state index contributed by atoms with van der Waals surface area (Å²) in [4.78, 5) is 11.8. The fourth-order valence-electron chi connectivity index (χ4n) is 7.89. The predicted molar refractivity (Wildman–Crippen MR) is 217 cm³/mol. The maximum absolute atomic E-state index is 6.35. The Labute approximate surface area is 304 Å². The molecular formula is C48H29N3O2. The number of anilines is 3. The molecule has 0 radical (unpaired) electrons. The van der Waals surface area contributed by atoms with E-state index in [0.29, 0.717) is 0 Å². The highest BCUT2D eigenvalue weighted by Gasteiger charge is 2.20. The van der Waals surface area contributed by atoms with E-state index >= 15 is 0 Å². The fourth-order valence-corrected chi connectivity index (χ4v) is 7.89. The number of nitrogens with zero attached hydrogens (tertiary/aromatic N) is 3. The highest BCUT2D eigenvalue weighted by molar-refractivity contribution is 6.15. The molecule has 5 nitrogen and oxygen atoms in total. The van der Waals surface area contributed by atoms with E-state index in [0.717, 1.165) is 83.5 Å². The Morgan fingerprint density at radius 2 is 1.00 bits per heavy atom. The van der Waals surface area contributed by atoms with Crippen LogP contribution in [-0.4, -0.2) is 9.97 Å². The molecule has 0 amide bonds. The summed E-state index contributed by atoms with van der Waals surface area (Å²) in [6.07, 6.45) is 3.73. The van der Waals surface area contributed by atoms with Gasteiger partial charge in [-0.05, 0) is 82.4 Å². The van der Waals surface area contributed by atoms with Crippen LogP contribution < -0.4 is 4.90 Å². The van der Waals surface area contributed by atoms with Gasteiger partial charge in [0.15, 0.2) is 11.2 Å². The van der Waals surface area contributed by atoms with Gasteiger partial charge in [-0.25, -0.2) is 0 Å². The van der Waals surface area contributed by atoms with Crippen LogP contribution in [0.5, 0.6) is 0 Å². The van der Waals surface area contributed by atoms with E-state index in [-0.39, 0.29) is 0 Å². The van der Waals surface area contributed by atoms with Gasteiger partial charge in [0, 0.05) is 56.4 Å². The molecule has 0 aliphatic rings. The molecule has 53 heavy (non-hydrogen) atoms. The number of aromatic nitrogens is 2. The normalized spacial score (nSPS) is 11.8. The standard InChI is InChI=1S/C48H29N3O2/c1-2-10-35-32(9-1)29-42(38-12-4-3-11-37(35)38)51(33-21-17-30(18-22-33)36-25-27-50-46-41-14-6-8-16-44(41)53-47(36)46)34-23-19-31(20-24-34)45-48-40(26-28-49-45)39-13-5-7-15-43(39)52-48/h1-29H. The first kappa shape index (κ1) is 29.5. The number of furan rings is 2. The van der Waals surface area contributed by atoms with Gasteiger partial charge in [-0.15, -0.1) is 0 Å². The fraction of sp³-hybridized carbons (Fsp3) is 0. The Hall–Kier alpha value is -7.24. The predicted octanol–water partition coefficient (Wildman–Crippen LogP) is 13.4. The maximum atomic E-state index is 6.35. The Balaban J connectivity index is 1.07. The van der Waals surface area contributed by atoms with Crippen LogP contribution in [0.25, 0.3) is 87.9 Å². The molecule has 11 aromatic rings. The Kier molecular flexibility index (Phi) is 6.48. The molecule has 0 spiro atoms. The molecule has 0 unspecified atom stereocenters. The minimum Gasteiger partial charge on any atom is -0.454 e. The van der Waals surface area contributed by atoms with Gasteiger partial charge in [-0.3, -0.25) is 9.97 Å². The lowest BCUT2D eigenvalue weighted by atomic mass is 9.98. The zero-order valence-corrected chi connectivity index (χ0v) is 28.4. The van der Waals surface area contributed by atoms with Crippen molar-refractivity contribution in [2.45, 2.75) is 0 Å². The van der Waals surface area contributed by atoms with Gasteiger partial charge in [0.1, 0.15) is 22.4 Å². The van der Waals surface area contributed by atoms with Crippen LogP contribution in [-0.2, 0) is 0 Å². The topological polar surface area (TPSA) is 55.3 Å². The van der Waals surface area contributed by atoms with Crippen LogP contribution in [0.1, 0.15) is 0 Å². The summed E-state index contributed by atoms with van der Waals surface area (Å²) >= 11 is 0. The van der Waals surface area contributed by atoms with E-state index in [9.17, 15) is 0 Å². The third kappa shape index (κ3) is 4.64. The first-order chi connectivity index (χ1) is 26.3. The monoisotopic (exact) mass is 679 g/mol. The Bertz CT molecular complexity index is 3020. The molecule has 11 rings (SSSR count).